The third kappa shape index (κ3) is 4.50. The molecule has 2 rings (SSSR count). The largest absolute Gasteiger partial charge is 0.490 e. The van der Waals surface area contributed by atoms with Crippen LogP contribution in [0.2, 0.25) is 5.02 Å². The van der Waals surface area contributed by atoms with Crippen LogP contribution in [-0.2, 0) is 0 Å². The molecule has 0 saturated heterocycles. The Bertz CT molecular complexity index is 798. The van der Waals surface area contributed by atoms with Gasteiger partial charge < -0.3 is 9.47 Å². The number of benzene rings is 1. The number of aryl methyl sites for hydroxylation is 1. The molecule has 2 aromatic rings. The zero-order valence-electron chi connectivity index (χ0n) is 14.3. The number of nitriles is 1. The Balaban J connectivity index is 2.40. The highest BCUT2D eigenvalue weighted by atomic mass is 35.5. The van der Waals surface area contributed by atoms with E-state index in [1.807, 2.05) is 32.2 Å². The molecule has 132 valence electrons. The molecular formula is C18H19ClN2O3S. The van der Waals surface area contributed by atoms with Gasteiger partial charge in [-0.15, -0.1) is 11.3 Å². The van der Waals surface area contributed by atoms with Gasteiger partial charge >= 0.3 is 0 Å². The van der Waals surface area contributed by atoms with Crippen molar-refractivity contribution in [2.24, 2.45) is 0 Å². The number of ketones is 1. The Morgan fingerprint density at radius 2 is 2.16 bits per heavy atom. The molecule has 1 aromatic carbocycles. The van der Waals surface area contributed by atoms with Gasteiger partial charge in [-0.1, -0.05) is 18.5 Å². The van der Waals surface area contributed by atoms with Crippen molar-refractivity contribution in [1.29, 1.82) is 5.26 Å². The second kappa shape index (κ2) is 8.84. The maximum atomic E-state index is 12.8. The van der Waals surface area contributed by atoms with Crippen LogP contribution < -0.4 is 9.47 Å². The highest BCUT2D eigenvalue weighted by Gasteiger charge is 2.26. The standard InChI is InChI=1S/C18H19ClN2O3S/c1-4-6-24-17-14(19)7-12(8-15(17)23-5-2)16(22)13(9-20)18-21-11(3)10-25-18/h7-8,10,13H,4-6H2,1-3H3/t13-/m1/s1. The summed E-state index contributed by atoms with van der Waals surface area (Å²) in [7, 11) is 0. The highest BCUT2D eigenvalue weighted by Crippen LogP contribution is 2.38. The number of halogens is 1. The van der Waals surface area contributed by atoms with Crippen LogP contribution in [0.4, 0.5) is 0 Å². The molecule has 0 aliphatic rings. The Hall–Kier alpha value is -2.10. The number of carbonyl (C=O) groups excluding carboxylic acids is 1. The molecule has 0 aliphatic heterocycles. The SMILES string of the molecule is CCCOc1c(Cl)cc(C(=O)[C@@H](C#N)c2nc(C)cs2)cc1OCC. The molecule has 0 saturated carbocycles. The van der Waals surface area contributed by atoms with Gasteiger partial charge in [-0.05, 0) is 32.4 Å². The lowest BCUT2D eigenvalue weighted by Crippen LogP contribution is -2.12. The quantitative estimate of drug-likeness (QED) is 0.618. The molecule has 0 N–H and O–H groups in total. The summed E-state index contributed by atoms with van der Waals surface area (Å²) in [5.74, 6) is -0.507. The summed E-state index contributed by atoms with van der Waals surface area (Å²) in [6, 6.07) is 5.13. The predicted octanol–water partition coefficient (Wildman–Crippen LogP) is 4.78. The number of nitrogens with zero attached hydrogens (tertiary/aromatic N) is 2. The molecule has 1 aromatic heterocycles. The normalized spacial score (nSPS) is 11.6. The monoisotopic (exact) mass is 378 g/mol. The summed E-state index contributed by atoms with van der Waals surface area (Å²) in [6.07, 6.45) is 0.822. The number of Topliss-reactive ketones (excluding diaryl/α,β-unsaturated/α-hetero) is 1. The molecule has 0 unspecified atom stereocenters. The fraction of sp³-hybridized carbons (Fsp3) is 0.389. The van der Waals surface area contributed by atoms with E-state index in [1.165, 1.54) is 17.4 Å². The first-order chi connectivity index (χ1) is 12.0. The maximum absolute atomic E-state index is 12.8. The molecule has 7 heteroatoms. The summed E-state index contributed by atoms with van der Waals surface area (Å²) in [5, 5.41) is 12.0. The van der Waals surface area contributed by atoms with E-state index in [0.29, 0.717) is 35.3 Å². The number of ether oxygens (including phenoxy) is 2. The zero-order chi connectivity index (χ0) is 18.4. The van der Waals surface area contributed by atoms with Crippen molar-refractivity contribution in [3.63, 3.8) is 0 Å². The minimum Gasteiger partial charge on any atom is -0.490 e. The third-order valence-electron chi connectivity index (χ3n) is 3.32. The van der Waals surface area contributed by atoms with Crippen molar-refractivity contribution in [3.05, 3.63) is 38.8 Å². The Morgan fingerprint density at radius 1 is 1.40 bits per heavy atom. The number of carbonyl (C=O) groups is 1. The smallest absolute Gasteiger partial charge is 0.187 e. The van der Waals surface area contributed by atoms with Crippen LogP contribution >= 0.6 is 22.9 Å². The molecule has 0 aliphatic carbocycles. The topological polar surface area (TPSA) is 72.2 Å². The molecule has 0 fully saturated rings. The average molecular weight is 379 g/mol. The van der Waals surface area contributed by atoms with E-state index in [2.05, 4.69) is 4.98 Å². The maximum Gasteiger partial charge on any atom is 0.187 e. The third-order valence-corrected chi connectivity index (χ3v) is 4.63. The van der Waals surface area contributed by atoms with Gasteiger partial charge in [-0.25, -0.2) is 4.98 Å². The van der Waals surface area contributed by atoms with Crippen molar-refractivity contribution in [2.45, 2.75) is 33.1 Å². The highest BCUT2D eigenvalue weighted by molar-refractivity contribution is 7.10. The second-order valence-electron chi connectivity index (χ2n) is 5.32. The first-order valence-corrected chi connectivity index (χ1v) is 9.22. The van der Waals surface area contributed by atoms with Gasteiger partial charge in [0.05, 0.1) is 24.3 Å². The van der Waals surface area contributed by atoms with Gasteiger partial charge in [-0.2, -0.15) is 5.26 Å². The van der Waals surface area contributed by atoms with E-state index in [9.17, 15) is 10.1 Å². The molecule has 0 amide bonds. The van der Waals surface area contributed by atoms with E-state index in [-0.39, 0.29) is 10.8 Å². The number of hydrogen-bond donors (Lipinski definition) is 0. The zero-order valence-corrected chi connectivity index (χ0v) is 15.9. The molecule has 1 heterocycles. The van der Waals surface area contributed by atoms with Crippen LogP contribution in [-0.4, -0.2) is 24.0 Å². The molecular weight excluding hydrogens is 360 g/mol. The molecule has 25 heavy (non-hydrogen) atoms. The van der Waals surface area contributed by atoms with Gasteiger partial charge in [0.2, 0.25) is 0 Å². The van der Waals surface area contributed by atoms with Gasteiger partial charge in [0.25, 0.3) is 0 Å². The number of rotatable bonds is 8. The predicted molar refractivity (Wildman–Crippen MR) is 97.9 cm³/mol. The van der Waals surface area contributed by atoms with Gasteiger partial charge in [-0.3, -0.25) is 4.79 Å². The van der Waals surface area contributed by atoms with Crippen molar-refractivity contribution in [1.82, 2.24) is 4.98 Å². The van der Waals surface area contributed by atoms with Crippen molar-refractivity contribution in [2.75, 3.05) is 13.2 Å². The van der Waals surface area contributed by atoms with E-state index < -0.39 is 5.92 Å². The molecule has 5 nitrogen and oxygen atoms in total. The van der Waals surface area contributed by atoms with Gasteiger partial charge in [0.1, 0.15) is 5.01 Å². The number of hydrogen-bond acceptors (Lipinski definition) is 6. The number of aromatic nitrogens is 1. The van der Waals surface area contributed by atoms with Gasteiger partial charge in [0, 0.05) is 16.6 Å². The lowest BCUT2D eigenvalue weighted by molar-refractivity contribution is 0.0978. The van der Waals surface area contributed by atoms with Crippen LogP contribution in [0.1, 0.15) is 47.2 Å². The summed E-state index contributed by atoms with van der Waals surface area (Å²) in [6.45, 7) is 6.54. The average Bonchev–Trinajstić information content (AvgIpc) is 3.01. The van der Waals surface area contributed by atoms with Crippen molar-refractivity contribution >= 4 is 28.7 Å². The minimum absolute atomic E-state index is 0.287. The summed E-state index contributed by atoms with van der Waals surface area (Å²) < 4.78 is 11.2. The van der Waals surface area contributed by atoms with Crippen LogP contribution in [0.25, 0.3) is 0 Å². The lowest BCUT2D eigenvalue weighted by Gasteiger charge is -2.15. The van der Waals surface area contributed by atoms with Gasteiger partial charge in [0.15, 0.2) is 23.2 Å². The van der Waals surface area contributed by atoms with Crippen molar-refractivity contribution < 1.29 is 14.3 Å². The molecule has 0 bridgehead atoms. The second-order valence-corrected chi connectivity index (χ2v) is 6.62. The number of thiazole rings is 1. The Labute approximate surface area is 156 Å². The Kier molecular flexibility index (Phi) is 6.80. The molecule has 0 spiro atoms. The van der Waals surface area contributed by atoms with Crippen LogP contribution in [0.5, 0.6) is 11.5 Å². The van der Waals surface area contributed by atoms with E-state index in [0.717, 1.165) is 12.1 Å². The van der Waals surface area contributed by atoms with E-state index >= 15 is 0 Å². The fourth-order valence-corrected chi connectivity index (χ4v) is 3.32. The molecule has 1 atom stereocenters. The fourth-order valence-electron chi connectivity index (χ4n) is 2.21. The van der Waals surface area contributed by atoms with Crippen LogP contribution in [0, 0.1) is 18.3 Å². The first-order valence-electron chi connectivity index (χ1n) is 7.96. The Morgan fingerprint density at radius 3 is 2.72 bits per heavy atom. The lowest BCUT2D eigenvalue weighted by atomic mass is 9.99. The molecule has 0 radical (unpaired) electrons. The van der Waals surface area contributed by atoms with Crippen molar-refractivity contribution in [3.8, 4) is 17.6 Å². The van der Waals surface area contributed by atoms with E-state index in [1.54, 1.807) is 6.07 Å². The summed E-state index contributed by atoms with van der Waals surface area (Å²) >= 11 is 7.59. The summed E-state index contributed by atoms with van der Waals surface area (Å²) in [5.41, 5.74) is 1.08. The van der Waals surface area contributed by atoms with E-state index in [4.69, 9.17) is 21.1 Å². The first kappa shape index (κ1) is 19.2. The minimum atomic E-state index is -0.966. The summed E-state index contributed by atoms with van der Waals surface area (Å²) in [4.78, 5) is 17.1. The van der Waals surface area contributed by atoms with Crippen LogP contribution in [0.3, 0.4) is 0 Å². The van der Waals surface area contributed by atoms with Crippen LogP contribution in [0.15, 0.2) is 17.5 Å².